The van der Waals surface area contributed by atoms with Crippen LogP contribution < -0.4 is 0 Å². The molecule has 12 rings (SSSR count). The summed E-state index contributed by atoms with van der Waals surface area (Å²) in [7, 11) is 0. The van der Waals surface area contributed by atoms with Crippen molar-refractivity contribution in [3.05, 3.63) is 258 Å². The molecule has 0 aliphatic heterocycles. The Labute approximate surface area is 375 Å². The first-order valence-electron chi connectivity index (χ1n) is 22.4. The average molecular weight is 820 g/mol. The molecule has 0 saturated heterocycles. The second-order valence-electron chi connectivity index (χ2n) is 17.8. The van der Waals surface area contributed by atoms with Gasteiger partial charge in [0.1, 0.15) is 5.82 Å². The summed E-state index contributed by atoms with van der Waals surface area (Å²) < 4.78 is 0. The van der Waals surface area contributed by atoms with Crippen molar-refractivity contribution in [3.63, 3.8) is 0 Å². The molecule has 0 bridgehead atoms. The zero-order valence-electron chi connectivity index (χ0n) is 35.9. The number of benzene rings is 8. The first-order valence-corrected chi connectivity index (χ1v) is 22.4. The Morgan fingerprint density at radius 2 is 0.906 bits per heavy atom. The lowest BCUT2D eigenvalue weighted by molar-refractivity contribution is 0.563. The molecule has 1 atom stereocenters. The Bertz CT molecular complexity index is 3270. The Balaban J connectivity index is 1.09. The second-order valence-corrected chi connectivity index (χ2v) is 17.8. The van der Waals surface area contributed by atoms with Crippen LogP contribution in [0.2, 0.25) is 0 Å². The molecule has 8 aromatic carbocycles. The molecule has 0 fully saturated rings. The fourth-order valence-corrected chi connectivity index (χ4v) is 10.9. The van der Waals surface area contributed by atoms with Crippen LogP contribution in [0.15, 0.2) is 218 Å². The van der Waals surface area contributed by atoms with Gasteiger partial charge in [-0.1, -0.05) is 220 Å². The van der Waals surface area contributed by atoms with Crippen molar-refractivity contribution in [2.75, 3.05) is 0 Å². The summed E-state index contributed by atoms with van der Waals surface area (Å²) in [5, 5.41) is 0. The second kappa shape index (κ2) is 15.0. The molecule has 1 aromatic heterocycles. The Morgan fingerprint density at radius 3 is 1.58 bits per heavy atom. The van der Waals surface area contributed by atoms with Crippen LogP contribution in [0.4, 0.5) is 0 Å². The molecular formula is C61H45N3. The third-order valence-corrected chi connectivity index (χ3v) is 13.9. The van der Waals surface area contributed by atoms with E-state index in [4.69, 9.17) is 15.0 Å². The number of allylic oxidation sites excluding steroid dienone is 4. The van der Waals surface area contributed by atoms with Crippen LogP contribution in [-0.4, -0.2) is 15.0 Å². The normalized spacial score (nSPS) is 15.9. The third kappa shape index (κ3) is 5.92. The van der Waals surface area contributed by atoms with Gasteiger partial charge in [-0.25, -0.2) is 15.0 Å². The fraction of sp³-hybridized carbons (Fsp3) is 0.0984. The maximum atomic E-state index is 5.39. The zero-order valence-corrected chi connectivity index (χ0v) is 35.9. The summed E-state index contributed by atoms with van der Waals surface area (Å²) in [6.45, 7) is 4.75. The number of nitrogens with zero attached hydrogens (tertiary/aromatic N) is 3. The predicted octanol–water partition coefficient (Wildman–Crippen LogP) is 14.8. The quantitative estimate of drug-likeness (QED) is 0.168. The smallest absolute Gasteiger partial charge is 0.164 e. The summed E-state index contributed by atoms with van der Waals surface area (Å²) in [6, 6.07) is 71.1. The van der Waals surface area contributed by atoms with Crippen molar-refractivity contribution >= 4 is 0 Å². The molecular weight excluding hydrogens is 775 g/mol. The van der Waals surface area contributed by atoms with Crippen LogP contribution in [0.25, 0.3) is 67.3 Å². The van der Waals surface area contributed by atoms with Gasteiger partial charge in [0.25, 0.3) is 0 Å². The molecule has 0 N–H and O–H groups in total. The first kappa shape index (κ1) is 38.0. The lowest BCUT2D eigenvalue weighted by atomic mass is 9.55. The van der Waals surface area contributed by atoms with Gasteiger partial charge in [0.15, 0.2) is 11.6 Å². The van der Waals surface area contributed by atoms with Crippen LogP contribution in [0.1, 0.15) is 65.4 Å². The van der Waals surface area contributed by atoms with Gasteiger partial charge in [0, 0.05) is 22.5 Å². The lowest BCUT2D eigenvalue weighted by Crippen LogP contribution is -2.40. The van der Waals surface area contributed by atoms with E-state index in [1.54, 1.807) is 0 Å². The molecule has 1 spiro atoms. The van der Waals surface area contributed by atoms with Crippen LogP contribution >= 0.6 is 0 Å². The molecule has 0 amide bonds. The predicted molar refractivity (Wildman–Crippen MR) is 262 cm³/mol. The van der Waals surface area contributed by atoms with Gasteiger partial charge in [-0.3, -0.25) is 0 Å². The highest BCUT2D eigenvalue weighted by Gasteiger charge is 2.54. The van der Waals surface area contributed by atoms with Gasteiger partial charge in [-0.2, -0.15) is 0 Å². The fourth-order valence-electron chi connectivity index (χ4n) is 10.9. The van der Waals surface area contributed by atoms with Gasteiger partial charge >= 0.3 is 0 Å². The van der Waals surface area contributed by atoms with Crippen molar-refractivity contribution in [1.82, 2.24) is 15.0 Å². The molecule has 304 valence electrons. The van der Waals surface area contributed by atoms with Gasteiger partial charge in [0.05, 0.1) is 5.41 Å². The average Bonchev–Trinajstić information content (AvgIpc) is 3.67. The van der Waals surface area contributed by atoms with Crippen molar-refractivity contribution < 1.29 is 0 Å². The molecule has 0 radical (unpaired) electrons. The van der Waals surface area contributed by atoms with E-state index < -0.39 is 5.41 Å². The number of aromatic nitrogens is 3. The van der Waals surface area contributed by atoms with Gasteiger partial charge in [-0.15, -0.1) is 0 Å². The first-order chi connectivity index (χ1) is 31.5. The monoisotopic (exact) mass is 819 g/mol. The highest BCUT2D eigenvalue weighted by molar-refractivity contribution is 5.97. The molecule has 1 unspecified atom stereocenters. The Kier molecular flexibility index (Phi) is 8.88. The van der Waals surface area contributed by atoms with E-state index in [2.05, 4.69) is 226 Å². The van der Waals surface area contributed by atoms with Crippen LogP contribution in [0.5, 0.6) is 0 Å². The van der Waals surface area contributed by atoms with E-state index in [-0.39, 0.29) is 11.3 Å². The van der Waals surface area contributed by atoms with Gasteiger partial charge in [0.2, 0.25) is 0 Å². The standard InChI is InChI=1S/C61H45N3/c1-60(2)51-27-12-14-29-53(51)61(54-30-15-13-28-52(54)60)50-37-36-47(46-25-16-24-45(38-46)42-34-32-41(33-35-42)40-18-6-3-7-19-40)39-49(50)56-48(26-17-31-55(56)61)59-63-57(43-20-8-4-9-21-43)62-58(64-59)44-22-10-5-11-23-44/h3-22,24-39,44H,23H2,1-2H3. The van der Waals surface area contributed by atoms with Gasteiger partial charge < -0.3 is 0 Å². The van der Waals surface area contributed by atoms with Crippen molar-refractivity contribution in [2.45, 2.75) is 37.0 Å². The third-order valence-electron chi connectivity index (χ3n) is 13.9. The highest BCUT2D eigenvalue weighted by Crippen LogP contribution is 2.63. The number of hydrogen-bond donors (Lipinski definition) is 0. The molecule has 1 heterocycles. The lowest BCUT2D eigenvalue weighted by Gasteiger charge is -2.46. The molecule has 64 heavy (non-hydrogen) atoms. The number of rotatable bonds is 6. The van der Waals surface area contributed by atoms with E-state index in [9.17, 15) is 0 Å². The van der Waals surface area contributed by atoms with Crippen LogP contribution in [-0.2, 0) is 10.8 Å². The van der Waals surface area contributed by atoms with E-state index in [1.807, 2.05) is 6.07 Å². The molecule has 3 nitrogen and oxygen atoms in total. The summed E-state index contributed by atoms with van der Waals surface area (Å²) in [5.41, 5.74) is 18.6. The summed E-state index contributed by atoms with van der Waals surface area (Å²) in [5.74, 6) is 2.21. The number of hydrogen-bond acceptors (Lipinski definition) is 3. The van der Waals surface area contributed by atoms with Crippen LogP contribution in [0, 0.1) is 0 Å². The van der Waals surface area contributed by atoms with E-state index in [0.717, 1.165) is 28.9 Å². The minimum atomic E-state index is -0.570. The zero-order chi connectivity index (χ0) is 42.8. The Hall–Kier alpha value is -7.75. The maximum absolute atomic E-state index is 5.39. The molecule has 3 aliphatic carbocycles. The van der Waals surface area contributed by atoms with E-state index in [0.29, 0.717) is 11.6 Å². The number of fused-ring (bicyclic) bond motifs is 9. The SMILES string of the molecule is CC1(C)c2ccccc2C2(c3ccc(-c4cccc(-c5ccc(-c6ccccc6)cc5)c4)cc3-c3c(-c4nc(-c5ccccc5)nc(C5C=CC=CC5)n4)cccc32)c2ccccc21. The molecule has 3 aliphatic rings. The largest absolute Gasteiger partial charge is 0.212 e. The molecule has 3 heteroatoms. The summed E-state index contributed by atoms with van der Waals surface area (Å²) in [4.78, 5) is 15.9. The topological polar surface area (TPSA) is 38.7 Å². The summed E-state index contributed by atoms with van der Waals surface area (Å²) >= 11 is 0. The molecule has 9 aromatic rings. The minimum absolute atomic E-state index is 0.0531. The van der Waals surface area contributed by atoms with E-state index in [1.165, 1.54) is 72.3 Å². The highest BCUT2D eigenvalue weighted by atomic mass is 15.0. The minimum Gasteiger partial charge on any atom is -0.212 e. The Morgan fingerprint density at radius 1 is 0.391 bits per heavy atom. The van der Waals surface area contributed by atoms with Gasteiger partial charge in [-0.05, 0) is 96.4 Å². The maximum Gasteiger partial charge on any atom is 0.164 e. The molecule has 0 saturated carbocycles. The van der Waals surface area contributed by atoms with Crippen molar-refractivity contribution in [1.29, 1.82) is 0 Å². The van der Waals surface area contributed by atoms with Crippen molar-refractivity contribution in [2.24, 2.45) is 0 Å². The van der Waals surface area contributed by atoms with Crippen LogP contribution in [0.3, 0.4) is 0 Å². The van der Waals surface area contributed by atoms with Crippen molar-refractivity contribution in [3.8, 4) is 67.3 Å². The van der Waals surface area contributed by atoms with E-state index >= 15 is 0 Å². The summed E-state index contributed by atoms with van der Waals surface area (Å²) in [6.07, 6.45) is 9.47.